The maximum Gasteiger partial charge on any atom is 0.142 e. The molecule has 0 atom stereocenters. The number of rotatable bonds is 3. The molecule has 0 bridgehead atoms. The van der Waals surface area contributed by atoms with Crippen molar-refractivity contribution in [3.05, 3.63) is 88.7 Å². The van der Waals surface area contributed by atoms with Crippen LogP contribution < -0.4 is 0 Å². The molecular weight excluding hydrogens is 342 g/mol. The third-order valence-corrected chi connectivity index (χ3v) is 4.66. The maximum atomic E-state index is 9.09. The summed E-state index contributed by atoms with van der Waals surface area (Å²) in [5, 5.41) is 10.7. The fourth-order valence-corrected chi connectivity index (χ4v) is 3.30. The molecule has 0 N–H and O–H groups in total. The van der Waals surface area contributed by atoms with Crippen molar-refractivity contribution in [2.45, 2.75) is 13.5 Å². The van der Waals surface area contributed by atoms with Gasteiger partial charge in [-0.1, -0.05) is 47.5 Å². The zero-order chi connectivity index (χ0) is 18.1. The van der Waals surface area contributed by atoms with Gasteiger partial charge in [-0.25, -0.2) is 4.98 Å². The van der Waals surface area contributed by atoms with E-state index in [1.807, 2.05) is 6.07 Å². The number of aryl methyl sites for hydroxylation is 1. The minimum atomic E-state index is 0.324. The van der Waals surface area contributed by atoms with E-state index in [-0.39, 0.29) is 0 Å². The summed E-state index contributed by atoms with van der Waals surface area (Å²) in [6, 6.07) is 22.3. The van der Waals surface area contributed by atoms with E-state index in [4.69, 9.17) is 16.9 Å². The average Bonchev–Trinajstić information content (AvgIpc) is 3.05. The standard InChI is InChI=1S/C22H16ClN3/c1-15-2-4-16(5-3-15)14-26-9-8-18-10-17(6-7-22(18)26)21-12-19(23)11-20(13-24)25-21/h2-12H,14H2,1H3. The molecule has 4 aromatic rings. The van der Waals surface area contributed by atoms with Crippen molar-refractivity contribution in [1.82, 2.24) is 9.55 Å². The third-order valence-electron chi connectivity index (χ3n) is 4.44. The highest BCUT2D eigenvalue weighted by Gasteiger charge is 2.08. The van der Waals surface area contributed by atoms with Gasteiger partial charge in [-0.2, -0.15) is 5.26 Å². The molecule has 0 aliphatic heterocycles. The maximum absolute atomic E-state index is 9.09. The second-order valence-electron chi connectivity index (χ2n) is 6.37. The Morgan fingerprint density at radius 1 is 1.04 bits per heavy atom. The predicted molar refractivity (Wildman–Crippen MR) is 105 cm³/mol. The molecule has 0 aliphatic rings. The molecule has 0 spiro atoms. The van der Waals surface area contributed by atoms with E-state index in [1.54, 1.807) is 12.1 Å². The molecule has 0 unspecified atom stereocenters. The summed E-state index contributed by atoms with van der Waals surface area (Å²) >= 11 is 6.11. The van der Waals surface area contributed by atoms with Crippen LogP contribution in [0.3, 0.4) is 0 Å². The van der Waals surface area contributed by atoms with Crippen molar-refractivity contribution in [2.75, 3.05) is 0 Å². The van der Waals surface area contributed by atoms with Gasteiger partial charge in [0.2, 0.25) is 0 Å². The number of benzene rings is 2. The lowest BCUT2D eigenvalue weighted by Gasteiger charge is -2.07. The summed E-state index contributed by atoms with van der Waals surface area (Å²) < 4.78 is 2.23. The summed E-state index contributed by atoms with van der Waals surface area (Å²) in [5.74, 6) is 0. The molecule has 2 aromatic heterocycles. The van der Waals surface area contributed by atoms with E-state index in [0.29, 0.717) is 16.4 Å². The monoisotopic (exact) mass is 357 g/mol. The van der Waals surface area contributed by atoms with Crippen LogP contribution in [-0.4, -0.2) is 9.55 Å². The molecular formula is C22H16ClN3. The lowest BCUT2D eigenvalue weighted by atomic mass is 10.1. The Labute approximate surface area is 157 Å². The van der Waals surface area contributed by atoms with Crippen LogP contribution in [0.15, 0.2) is 66.9 Å². The first-order valence-corrected chi connectivity index (χ1v) is 8.73. The first-order valence-electron chi connectivity index (χ1n) is 8.35. The molecule has 0 fully saturated rings. The van der Waals surface area contributed by atoms with Crippen molar-refractivity contribution in [1.29, 1.82) is 5.26 Å². The van der Waals surface area contributed by atoms with Gasteiger partial charge in [0.15, 0.2) is 0 Å². The van der Waals surface area contributed by atoms with Gasteiger partial charge in [0.05, 0.1) is 5.69 Å². The lowest BCUT2D eigenvalue weighted by molar-refractivity contribution is 0.836. The van der Waals surface area contributed by atoms with E-state index in [2.05, 4.69) is 71.2 Å². The van der Waals surface area contributed by atoms with Crippen LogP contribution in [0.1, 0.15) is 16.8 Å². The second-order valence-corrected chi connectivity index (χ2v) is 6.81. The van der Waals surface area contributed by atoms with Crippen LogP contribution in [-0.2, 0) is 6.54 Å². The van der Waals surface area contributed by atoms with Crippen molar-refractivity contribution < 1.29 is 0 Å². The number of hydrogen-bond donors (Lipinski definition) is 0. The number of nitriles is 1. The molecule has 3 nitrogen and oxygen atoms in total. The highest BCUT2D eigenvalue weighted by Crippen LogP contribution is 2.26. The lowest BCUT2D eigenvalue weighted by Crippen LogP contribution is -1.97. The molecule has 2 heterocycles. The Morgan fingerprint density at radius 3 is 2.62 bits per heavy atom. The van der Waals surface area contributed by atoms with Crippen LogP contribution in [0.4, 0.5) is 0 Å². The van der Waals surface area contributed by atoms with Gasteiger partial charge in [0.25, 0.3) is 0 Å². The zero-order valence-electron chi connectivity index (χ0n) is 14.3. The largest absolute Gasteiger partial charge is 0.343 e. The normalized spacial score (nSPS) is 10.8. The van der Waals surface area contributed by atoms with E-state index in [1.165, 1.54) is 11.1 Å². The van der Waals surface area contributed by atoms with Crippen molar-refractivity contribution in [2.24, 2.45) is 0 Å². The van der Waals surface area contributed by atoms with Gasteiger partial charge in [0, 0.05) is 34.2 Å². The summed E-state index contributed by atoms with van der Waals surface area (Å²) in [5.41, 5.74) is 5.68. The molecule has 0 saturated heterocycles. The van der Waals surface area contributed by atoms with Crippen LogP contribution in [0.25, 0.3) is 22.2 Å². The molecule has 0 saturated carbocycles. The van der Waals surface area contributed by atoms with Gasteiger partial charge in [-0.3, -0.25) is 0 Å². The Balaban J connectivity index is 1.70. The Kier molecular flexibility index (Phi) is 4.20. The molecule has 4 heteroatoms. The molecule has 0 radical (unpaired) electrons. The van der Waals surface area contributed by atoms with Gasteiger partial charge < -0.3 is 4.57 Å². The van der Waals surface area contributed by atoms with Gasteiger partial charge >= 0.3 is 0 Å². The van der Waals surface area contributed by atoms with Crippen LogP contribution >= 0.6 is 11.6 Å². The van der Waals surface area contributed by atoms with Crippen LogP contribution in [0.2, 0.25) is 5.02 Å². The molecule has 4 rings (SSSR count). The molecule has 126 valence electrons. The van der Waals surface area contributed by atoms with Gasteiger partial charge in [-0.15, -0.1) is 0 Å². The third kappa shape index (κ3) is 3.20. The van der Waals surface area contributed by atoms with E-state index in [0.717, 1.165) is 23.0 Å². The van der Waals surface area contributed by atoms with Crippen molar-refractivity contribution in [3.63, 3.8) is 0 Å². The highest BCUT2D eigenvalue weighted by atomic mass is 35.5. The van der Waals surface area contributed by atoms with E-state index >= 15 is 0 Å². The summed E-state index contributed by atoms with van der Waals surface area (Å²) in [7, 11) is 0. The van der Waals surface area contributed by atoms with E-state index in [9.17, 15) is 0 Å². The molecule has 0 amide bonds. The summed E-state index contributed by atoms with van der Waals surface area (Å²) in [6.07, 6.45) is 2.10. The van der Waals surface area contributed by atoms with E-state index < -0.39 is 0 Å². The Hall–Kier alpha value is -3.09. The van der Waals surface area contributed by atoms with Crippen LogP contribution in [0.5, 0.6) is 0 Å². The number of aromatic nitrogens is 2. The molecule has 0 aliphatic carbocycles. The number of hydrogen-bond acceptors (Lipinski definition) is 2. The summed E-state index contributed by atoms with van der Waals surface area (Å²) in [4.78, 5) is 4.36. The topological polar surface area (TPSA) is 41.6 Å². The summed E-state index contributed by atoms with van der Waals surface area (Å²) in [6.45, 7) is 2.93. The van der Waals surface area contributed by atoms with Crippen LogP contribution in [0, 0.1) is 18.3 Å². The quantitative estimate of drug-likeness (QED) is 0.480. The number of pyridine rings is 1. The Morgan fingerprint density at radius 2 is 1.85 bits per heavy atom. The first kappa shape index (κ1) is 16.4. The fraction of sp³-hybridized carbons (Fsp3) is 0.0909. The predicted octanol–water partition coefficient (Wildman–Crippen LogP) is 5.59. The Bertz CT molecular complexity index is 1130. The molecule has 26 heavy (non-hydrogen) atoms. The van der Waals surface area contributed by atoms with Gasteiger partial charge in [-0.05, 0) is 42.8 Å². The minimum Gasteiger partial charge on any atom is -0.343 e. The molecule has 2 aromatic carbocycles. The SMILES string of the molecule is Cc1ccc(Cn2ccc3cc(-c4cc(Cl)cc(C#N)n4)ccc32)cc1. The smallest absolute Gasteiger partial charge is 0.142 e. The van der Waals surface area contributed by atoms with Gasteiger partial charge in [0.1, 0.15) is 11.8 Å². The van der Waals surface area contributed by atoms with Crippen molar-refractivity contribution in [3.8, 4) is 17.3 Å². The highest BCUT2D eigenvalue weighted by molar-refractivity contribution is 6.30. The zero-order valence-corrected chi connectivity index (χ0v) is 15.0. The average molecular weight is 358 g/mol. The second kappa shape index (κ2) is 6.67. The number of halogens is 1. The number of fused-ring (bicyclic) bond motifs is 1. The fourth-order valence-electron chi connectivity index (χ4n) is 3.09. The first-order chi connectivity index (χ1) is 12.6. The number of nitrogens with zero attached hydrogens (tertiary/aromatic N) is 3. The van der Waals surface area contributed by atoms with Crippen molar-refractivity contribution >= 4 is 22.5 Å². The minimum absolute atomic E-state index is 0.324.